The van der Waals surface area contributed by atoms with Crippen molar-refractivity contribution in [3.63, 3.8) is 0 Å². The number of hydrazone groups is 1. The van der Waals surface area contributed by atoms with Gasteiger partial charge in [0.15, 0.2) is 0 Å². The summed E-state index contributed by atoms with van der Waals surface area (Å²) < 4.78 is 11.7. The van der Waals surface area contributed by atoms with Crippen LogP contribution in [0.25, 0.3) is 0 Å². The minimum atomic E-state index is -0.282. The molecule has 5 heteroatoms. The van der Waals surface area contributed by atoms with Gasteiger partial charge in [-0.2, -0.15) is 5.10 Å². The van der Waals surface area contributed by atoms with Crippen molar-refractivity contribution in [1.82, 2.24) is 5.01 Å². The number of hydrogen-bond donors (Lipinski definition) is 0. The Morgan fingerprint density at radius 3 is 2.50 bits per heavy atom. The van der Waals surface area contributed by atoms with Crippen LogP contribution in [0.15, 0.2) is 77.9 Å². The predicted molar refractivity (Wildman–Crippen MR) is 110 cm³/mol. The first-order valence-corrected chi connectivity index (χ1v) is 9.62. The Hall–Kier alpha value is -2.98. The minimum Gasteiger partial charge on any atom is -0.497 e. The summed E-state index contributed by atoms with van der Waals surface area (Å²) in [6, 6.07) is 24.2. The molecule has 0 bridgehead atoms. The number of fused-ring (bicyclic) bond motifs is 3. The monoisotopic (exact) mass is 390 g/mol. The fraction of sp³-hybridized carbons (Fsp3) is 0.174. The van der Waals surface area contributed by atoms with Crippen molar-refractivity contribution >= 4 is 17.3 Å². The van der Waals surface area contributed by atoms with Crippen molar-refractivity contribution < 1.29 is 9.47 Å². The highest BCUT2D eigenvalue weighted by molar-refractivity contribution is 6.30. The third-order valence-electron chi connectivity index (χ3n) is 5.28. The third-order valence-corrected chi connectivity index (χ3v) is 5.53. The van der Waals surface area contributed by atoms with Crippen LogP contribution >= 0.6 is 11.6 Å². The largest absolute Gasteiger partial charge is 0.497 e. The van der Waals surface area contributed by atoms with Crippen LogP contribution in [0.3, 0.4) is 0 Å². The molecular formula is C23H19ClN2O2. The molecule has 5 rings (SSSR count). The van der Waals surface area contributed by atoms with E-state index in [4.69, 9.17) is 26.2 Å². The van der Waals surface area contributed by atoms with Crippen LogP contribution in [0.2, 0.25) is 5.02 Å². The molecule has 3 aromatic rings. The first kappa shape index (κ1) is 17.1. The molecule has 0 saturated carbocycles. The Morgan fingerprint density at radius 1 is 1.00 bits per heavy atom. The molecule has 4 nitrogen and oxygen atoms in total. The van der Waals surface area contributed by atoms with Crippen molar-refractivity contribution in [1.29, 1.82) is 0 Å². The lowest BCUT2D eigenvalue weighted by Crippen LogP contribution is -2.33. The molecule has 140 valence electrons. The van der Waals surface area contributed by atoms with Crippen LogP contribution in [0.1, 0.15) is 35.4 Å². The Morgan fingerprint density at radius 2 is 1.75 bits per heavy atom. The molecule has 2 atom stereocenters. The van der Waals surface area contributed by atoms with Crippen molar-refractivity contribution in [2.45, 2.75) is 18.7 Å². The number of rotatable bonds is 3. The van der Waals surface area contributed by atoms with E-state index in [2.05, 4.69) is 11.1 Å². The number of halogens is 1. The molecule has 0 spiro atoms. The van der Waals surface area contributed by atoms with E-state index in [0.29, 0.717) is 0 Å². The quantitative estimate of drug-likeness (QED) is 0.584. The maximum absolute atomic E-state index is 6.37. The molecule has 0 unspecified atom stereocenters. The van der Waals surface area contributed by atoms with Gasteiger partial charge in [-0.3, -0.25) is 0 Å². The zero-order valence-corrected chi connectivity index (χ0v) is 16.1. The molecule has 0 radical (unpaired) electrons. The first-order valence-electron chi connectivity index (χ1n) is 9.24. The van der Waals surface area contributed by atoms with E-state index in [1.54, 1.807) is 7.11 Å². The van der Waals surface area contributed by atoms with Crippen LogP contribution in [-0.4, -0.2) is 17.8 Å². The summed E-state index contributed by atoms with van der Waals surface area (Å²) in [5.74, 6) is 1.74. The summed E-state index contributed by atoms with van der Waals surface area (Å²) in [5.41, 5.74) is 4.34. The molecule has 0 N–H and O–H groups in total. The van der Waals surface area contributed by atoms with Crippen LogP contribution < -0.4 is 9.47 Å². The lowest BCUT2D eigenvalue weighted by atomic mass is 9.96. The van der Waals surface area contributed by atoms with E-state index in [0.717, 1.165) is 39.8 Å². The molecule has 2 aliphatic rings. The molecule has 0 saturated heterocycles. The molecule has 2 heterocycles. The minimum absolute atomic E-state index is 0.141. The molecule has 0 amide bonds. The van der Waals surface area contributed by atoms with E-state index >= 15 is 0 Å². The van der Waals surface area contributed by atoms with Crippen LogP contribution in [0.5, 0.6) is 11.5 Å². The number of para-hydroxylation sites is 1. The molecule has 0 fully saturated rings. The standard InChI is InChI=1S/C23H19ClN2O2/c1-27-18-12-8-16(9-13-18)23-26-21(19-4-2-3-5-22(19)28-23)14-20(25-26)15-6-10-17(24)11-7-15/h2-13,21,23H,14H2,1H3/t21-,23+/m1/s1. The summed E-state index contributed by atoms with van der Waals surface area (Å²) in [6.07, 6.45) is 0.546. The highest BCUT2D eigenvalue weighted by Crippen LogP contribution is 2.47. The first-order chi connectivity index (χ1) is 13.7. The molecule has 28 heavy (non-hydrogen) atoms. The van der Waals surface area contributed by atoms with Gasteiger partial charge in [0.05, 0.1) is 18.9 Å². The van der Waals surface area contributed by atoms with Gasteiger partial charge < -0.3 is 9.47 Å². The molecule has 0 aliphatic carbocycles. The van der Waals surface area contributed by atoms with E-state index in [1.807, 2.05) is 66.7 Å². The van der Waals surface area contributed by atoms with Gasteiger partial charge in [0.25, 0.3) is 0 Å². The second-order valence-electron chi connectivity index (χ2n) is 6.93. The summed E-state index contributed by atoms with van der Waals surface area (Å²) >= 11 is 6.05. The third kappa shape index (κ3) is 2.90. The number of nitrogens with zero attached hydrogens (tertiary/aromatic N) is 2. The fourth-order valence-electron chi connectivity index (χ4n) is 3.84. The Bertz CT molecular complexity index is 1030. The average molecular weight is 391 g/mol. The van der Waals surface area contributed by atoms with Crippen LogP contribution in [0.4, 0.5) is 0 Å². The molecule has 0 aromatic heterocycles. The number of ether oxygens (including phenoxy) is 2. The highest BCUT2D eigenvalue weighted by atomic mass is 35.5. The normalized spacial score (nSPS) is 20.1. The Labute approximate surface area is 169 Å². The number of benzene rings is 3. The Balaban J connectivity index is 1.56. The second-order valence-corrected chi connectivity index (χ2v) is 7.37. The lowest BCUT2D eigenvalue weighted by Gasteiger charge is -2.38. The van der Waals surface area contributed by atoms with Gasteiger partial charge in [0.2, 0.25) is 6.23 Å². The summed E-state index contributed by atoms with van der Waals surface area (Å²) in [7, 11) is 1.67. The van der Waals surface area contributed by atoms with Gasteiger partial charge in [-0.15, -0.1) is 0 Å². The Kier molecular flexibility index (Phi) is 4.21. The number of hydrogen-bond acceptors (Lipinski definition) is 4. The van der Waals surface area contributed by atoms with E-state index in [1.165, 1.54) is 5.56 Å². The number of methoxy groups -OCH3 is 1. The molecule has 2 aliphatic heterocycles. The van der Waals surface area contributed by atoms with E-state index < -0.39 is 0 Å². The zero-order chi connectivity index (χ0) is 19.1. The van der Waals surface area contributed by atoms with Gasteiger partial charge in [-0.25, -0.2) is 5.01 Å². The fourth-order valence-corrected chi connectivity index (χ4v) is 3.97. The summed E-state index contributed by atoms with van der Waals surface area (Å²) in [4.78, 5) is 0. The summed E-state index contributed by atoms with van der Waals surface area (Å²) in [6.45, 7) is 0. The SMILES string of the molecule is COc1ccc([C@@H]2Oc3ccccc3[C@H]3CC(c4ccc(Cl)cc4)=NN32)cc1. The van der Waals surface area contributed by atoms with Gasteiger partial charge in [-0.1, -0.05) is 41.9 Å². The molecular weight excluding hydrogens is 372 g/mol. The van der Waals surface area contributed by atoms with Crippen molar-refractivity contribution in [2.75, 3.05) is 7.11 Å². The average Bonchev–Trinajstić information content (AvgIpc) is 3.19. The predicted octanol–water partition coefficient (Wildman–Crippen LogP) is 5.59. The highest BCUT2D eigenvalue weighted by Gasteiger charge is 2.40. The van der Waals surface area contributed by atoms with E-state index in [-0.39, 0.29) is 12.3 Å². The van der Waals surface area contributed by atoms with Crippen LogP contribution in [-0.2, 0) is 0 Å². The molecule has 3 aromatic carbocycles. The topological polar surface area (TPSA) is 34.1 Å². The second kappa shape index (κ2) is 6.88. The van der Waals surface area contributed by atoms with Gasteiger partial charge in [0, 0.05) is 22.6 Å². The maximum Gasteiger partial charge on any atom is 0.213 e. The van der Waals surface area contributed by atoms with Crippen molar-refractivity contribution in [2.24, 2.45) is 5.10 Å². The van der Waals surface area contributed by atoms with Crippen LogP contribution in [0, 0.1) is 0 Å². The maximum atomic E-state index is 6.37. The summed E-state index contributed by atoms with van der Waals surface area (Å²) in [5, 5.41) is 7.76. The van der Waals surface area contributed by atoms with Crippen molar-refractivity contribution in [3.05, 3.63) is 94.5 Å². The lowest BCUT2D eigenvalue weighted by molar-refractivity contribution is -0.0190. The van der Waals surface area contributed by atoms with Crippen molar-refractivity contribution in [3.8, 4) is 11.5 Å². The van der Waals surface area contributed by atoms with Gasteiger partial charge in [-0.05, 0) is 48.0 Å². The smallest absolute Gasteiger partial charge is 0.213 e. The van der Waals surface area contributed by atoms with E-state index in [9.17, 15) is 0 Å². The zero-order valence-electron chi connectivity index (χ0n) is 15.4. The van der Waals surface area contributed by atoms with Gasteiger partial charge >= 0.3 is 0 Å². The van der Waals surface area contributed by atoms with Gasteiger partial charge in [0.1, 0.15) is 11.5 Å².